The summed E-state index contributed by atoms with van der Waals surface area (Å²) in [5.41, 5.74) is -2.03. The molecule has 0 aliphatic carbocycles. The SMILES string of the molecule is CC(=O)C(=O)C(C)(C(C)=O)C(=O)CO. The van der Waals surface area contributed by atoms with E-state index in [9.17, 15) is 19.2 Å². The molecule has 0 aromatic rings. The molecule has 1 atom stereocenters. The molecule has 1 unspecified atom stereocenters. The van der Waals surface area contributed by atoms with Crippen LogP contribution in [0.4, 0.5) is 0 Å². The fraction of sp³-hybridized carbons (Fsp3) is 0.556. The molecule has 0 aliphatic heterocycles. The monoisotopic (exact) mass is 200 g/mol. The molecule has 78 valence electrons. The van der Waals surface area contributed by atoms with Crippen molar-refractivity contribution in [1.82, 2.24) is 0 Å². The zero-order valence-electron chi connectivity index (χ0n) is 8.29. The Labute approximate surface area is 81.1 Å². The van der Waals surface area contributed by atoms with Crippen molar-refractivity contribution < 1.29 is 24.3 Å². The number of Topliss-reactive ketones (excluding diaryl/α,β-unsaturated/α-hetero) is 4. The largest absolute Gasteiger partial charge is 0.389 e. The maximum absolute atomic E-state index is 11.3. The second-order valence-corrected chi connectivity index (χ2v) is 3.15. The summed E-state index contributed by atoms with van der Waals surface area (Å²) in [7, 11) is 0. The number of hydrogen-bond acceptors (Lipinski definition) is 5. The Kier molecular flexibility index (Phi) is 3.82. The van der Waals surface area contributed by atoms with E-state index in [1.165, 1.54) is 0 Å². The van der Waals surface area contributed by atoms with Crippen LogP contribution in [0.2, 0.25) is 0 Å². The van der Waals surface area contributed by atoms with Gasteiger partial charge in [0.1, 0.15) is 6.61 Å². The number of carbonyl (C=O) groups excluding carboxylic acids is 4. The van der Waals surface area contributed by atoms with Gasteiger partial charge in [0.25, 0.3) is 0 Å². The van der Waals surface area contributed by atoms with Crippen molar-refractivity contribution in [3.05, 3.63) is 0 Å². The lowest BCUT2D eigenvalue weighted by Gasteiger charge is -2.20. The Morgan fingerprint density at radius 1 is 1.14 bits per heavy atom. The molecular weight excluding hydrogens is 188 g/mol. The van der Waals surface area contributed by atoms with Crippen LogP contribution in [0.3, 0.4) is 0 Å². The van der Waals surface area contributed by atoms with Crippen molar-refractivity contribution >= 4 is 23.1 Å². The number of aliphatic hydroxyl groups is 1. The standard InChI is InChI=1S/C9H12O5/c1-5(11)8(14)9(3,6(2)12)7(13)4-10/h10H,4H2,1-3H3. The van der Waals surface area contributed by atoms with Crippen LogP contribution >= 0.6 is 0 Å². The zero-order chi connectivity index (χ0) is 11.5. The lowest BCUT2D eigenvalue weighted by atomic mass is 9.76. The average molecular weight is 200 g/mol. The average Bonchev–Trinajstić information content (AvgIpc) is 2.13. The maximum atomic E-state index is 11.3. The number of aliphatic hydroxyl groups excluding tert-OH is 1. The fourth-order valence-electron chi connectivity index (χ4n) is 0.993. The molecule has 0 aromatic heterocycles. The van der Waals surface area contributed by atoms with E-state index in [2.05, 4.69) is 0 Å². The second kappa shape index (κ2) is 4.23. The van der Waals surface area contributed by atoms with E-state index >= 15 is 0 Å². The summed E-state index contributed by atoms with van der Waals surface area (Å²) in [4.78, 5) is 44.4. The molecule has 0 radical (unpaired) electrons. The van der Waals surface area contributed by atoms with Gasteiger partial charge in [0.2, 0.25) is 5.78 Å². The van der Waals surface area contributed by atoms with Crippen LogP contribution in [-0.2, 0) is 19.2 Å². The van der Waals surface area contributed by atoms with Gasteiger partial charge in [0.15, 0.2) is 22.8 Å². The topological polar surface area (TPSA) is 88.5 Å². The van der Waals surface area contributed by atoms with Crippen molar-refractivity contribution in [2.45, 2.75) is 20.8 Å². The van der Waals surface area contributed by atoms with Crippen LogP contribution in [0.1, 0.15) is 20.8 Å². The molecule has 14 heavy (non-hydrogen) atoms. The molecule has 0 fully saturated rings. The summed E-state index contributed by atoms with van der Waals surface area (Å²) < 4.78 is 0. The molecule has 5 heteroatoms. The Morgan fingerprint density at radius 3 is 1.79 bits per heavy atom. The number of hydrogen-bond donors (Lipinski definition) is 1. The lowest BCUT2D eigenvalue weighted by molar-refractivity contribution is -0.152. The van der Waals surface area contributed by atoms with Crippen LogP contribution in [-0.4, -0.2) is 34.8 Å². The third-order valence-corrected chi connectivity index (χ3v) is 2.18. The Morgan fingerprint density at radius 2 is 1.57 bits per heavy atom. The van der Waals surface area contributed by atoms with Crippen LogP contribution < -0.4 is 0 Å². The van der Waals surface area contributed by atoms with E-state index in [1.54, 1.807) is 0 Å². The van der Waals surface area contributed by atoms with Gasteiger partial charge in [-0.1, -0.05) is 0 Å². The minimum absolute atomic E-state index is 0.739. The number of rotatable bonds is 5. The van der Waals surface area contributed by atoms with Crippen LogP contribution in [0.5, 0.6) is 0 Å². The fourth-order valence-corrected chi connectivity index (χ4v) is 0.993. The first-order valence-electron chi connectivity index (χ1n) is 3.99. The van der Waals surface area contributed by atoms with E-state index in [0.717, 1.165) is 20.8 Å². The van der Waals surface area contributed by atoms with E-state index in [-0.39, 0.29) is 0 Å². The van der Waals surface area contributed by atoms with Crippen molar-refractivity contribution in [3.8, 4) is 0 Å². The summed E-state index contributed by atoms with van der Waals surface area (Å²) in [6, 6.07) is 0. The van der Waals surface area contributed by atoms with Gasteiger partial charge in [-0.25, -0.2) is 0 Å². The molecule has 0 bridgehead atoms. The highest BCUT2D eigenvalue weighted by Gasteiger charge is 2.46. The van der Waals surface area contributed by atoms with E-state index in [0.29, 0.717) is 0 Å². The van der Waals surface area contributed by atoms with Gasteiger partial charge in [0, 0.05) is 6.92 Å². The molecular formula is C9H12O5. The minimum Gasteiger partial charge on any atom is -0.389 e. The second-order valence-electron chi connectivity index (χ2n) is 3.15. The highest BCUT2D eigenvalue weighted by atomic mass is 16.3. The quantitative estimate of drug-likeness (QED) is 0.468. The van der Waals surface area contributed by atoms with Crippen LogP contribution in [0.25, 0.3) is 0 Å². The molecule has 1 N–H and O–H groups in total. The molecule has 0 spiro atoms. The Balaban J connectivity index is 5.32. The van der Waals surface area contributed by atoms with E-state index in [1.807, 2.05) is 0 Å². The van der Waals surface area contributed by atoms with Crippen molar-refractivity contribution in [3.63, 3.8) is 0 Å². The predicted molar refractivity (Wildman–Crippen MR) is 46.6 cm³/mol. The number of carbonyl (C=O) groups is 4. The van der Waals surface area contributed by atoms with Gasteiger partial charge in [-0.15, -0.1) is 0 Å². The summed E-state index contributed by atoms with van der Waals surface area (Å²) >= 11 is 0. The first-order chi connectivity index (χ1) is 6.28. The molecule has 0 aliphatic rings. The Hall–Kier alpha value is -1.36. The highest BCUT2D eigenvalue weighted by molar-refractivity contribution is 6.47. The first-order valence-corrected chi connectivity index (χ1v) is 3.99. The third kappa shape index (κ3) is 1.93. The molecule has 0 aromatic carbocycles. The molecule has 5 nitrogen and oxygen atoms in total. The van der Waals surface area contributed by atoms with Gasteiger partial charge in [-0.05, 0) is 13.8 Å². The summed E-state index contributed by atoms with van der Waals surface area (Å²) in [6.45, 7) is 2.13. The van der Waals surface area contributed by atoms with Gasteiger partial charge in [0.05, 0.1) is 0 Å². The lowest BCUT2D eigenvalue weighted by Crippen LogP contribution is -2.46. The van der Waals surface area contributed by atoms with Gasteiger partial charge in [-0.2, -0.15) is 0 Å². The number of ketones is 4. The van der Waals surface area contributed by atoms with Crippen molar-refractivity contribution in [2.24, 2.45) is 5.41 Å². The Bertz CT molecular complexity index is 304. The highest BCUT2D eigenvalue weighted by Crippen LogP contribution is 2.21. The summed E-state index contributed by atoms with van der Waals surface area (Å²) in [5, 5.41) is 8.58. The summed E-state index contributed by atoms with van der Waals surface area (Å²) in [5.74, 6) is -3.64. The van der Waals surface area contributed by atoms with Crippen molar-refractivity contribution in [2.75, 3.05) is 6.61 Å². The normalized spacial score (nSPS) is 14.3. The zero-order valence-corrected chi connectivity index (χ0v) is 8.29. The van der Waals surface area contributed by atoms with Gasteiger partial charge >= 0.3 is 0 Å². The molecule has 0 heterocycles. The van der Waals surface area contributed by atoms with Gasteiger partial charge in [-0.3, -0.25) is 19.2 Å². The minimum atomic E-state index is -2.03. The van der Waals surface area contributed by atoms with Gasteiger partial charge < -0.3 is 5.11 Å². The summed E-state index contributed by atoms with van der Waals surface area (Å²) in [6.07, 6.45) is 0. The predicted octanol–water partition coefficient (Wildman–Crippen LogP) is -0.699. The maximum Gasteiger partial charge on any atom is 0.218 e. The van der Waals surface area contributed by atoms with E-state index in [4.69, 9.17) is 5.11 Å². The third-order valence-electron chi connectivity index (χ3n) is 2.18. The van der Waals surface area contributed by atoms with E-state index < -0.39 is 35.2 Å². The molecule has 0 saturated carbocycles. The molecule has 0 rings (SSSR count). The van der Waals surface area contributed by atoms with Crippen LogP contribution in [0, 0.1) is 5.41 Å². The van der Waals surface area contributed by atoms with Crippen LogP contribution in [0.15, 0.2) is 0 Å². The molecule has 0 saturated heterocycles. The smallest absolute Gasteiger partial charge is 0.218 e. The molecule has 0 amide bonds. The first kappa shape index (κ1) is 12.6. The van der Waals surface area contributed by atoms with Crippen molar-refractivity contribution in [1.29, 1.82) is 0 Å².